The van der Waals surface area contributed by atoms with Crippen molar-refractivity contribution in [2.75, 3.05) is 0 Å². The van der Waals surface area contributed by atoms with Crippen LogP contribution in [0.15, 0.2) is 187 Å². The lowest BCUT2D eigenvalue weighted by molar-refractivity contribution is 0.620. The lowest BCUT2D eigenvalue weighted by Crippen LogP contribution is -1.88. The number of allylic oxidation sites excluding steroid dienone is 4. The molecule has 2 aromatic heterocycles. The van der Waals surface area contributed by atoms with Crippen LogP contribution in [0.2, 0.25) is 0 Å². The van der Waals surface area contributed by atoms with Gasteiger partial charge in [0.2, 0.25) is 5.89 Å². The highest BCUT2D eigenvalue weighted by molar-refractivity contribution is 5.97. The molecular weight excluding hydrogens is 621 g/mol. The summed E-state index contributed by atoms with van der Waals surface area (Å²) in [6.45, 7) is 0. The molecule has 1 aliphatic carbocycles. The van der Waals surface area contributed by atoms with Crippen molar-refractivity contribution in [3.05, 3.63) is 188 Å². The molecule has 0 N–H and O–H groups in total. The fourth-order valence-electron chi connectivity index (χ4n) is 6.96. The number of nitrogens with zero attached hydrogens (tertiary/aromatic N) is 2. The monoisotopic (exact) mass is 654 g/mol. The Morgan fingerprint density at radius 3 is 1.78 bits per heavy atom. The van der Waals surface area contributed by atoms with Gasteiger partial charge in [0.15, 0.2) is 5.58 Å². The Bertz CT molecular complexity index is 2560. The third-order valence-corrected chi connectivity index (χ3v) is 9.62. The third-order valence-electron chi connectivity index (χ3n) is 9.62. The van der Waals surface area contributed by atoms with Crippen LogP contribution >= 0.6 is 0 Å². The van der Waals surface area contributed by atoms with Gasteiger partial charge in [-0.05, 0) is 117 Å². The fourth-order valence-corrected chi connectivity index (χ4v) is 6.96. The molecule has 0 spiro atoms. The Morgan fingerprint density at radius 2 is 1.06 bits per heavy atom. The van der Waals surface area contributed by atoms with Crippen LogP contribution in [0, 0.1) is 0 Å². The van der Waals surface area contributed by atoms with Crippen LogP contribution in [0.1, 0.15) is 18.4 Å². The van der Waals surface area contributed by atoms with Crippen molar-refractivity contribution in [3.8, 4) is 67.1 Å². The van der Waals surface area contributed by atoms with Gasteiger partial charge in [0.25, 0.3) is 0 Å². The molecule has 6 aromatic carbocycles. The molecule has 9 rings (SSSR count). The van der Waals surface area contributed by atoms with Gasteiger partial charge in [0, 0.05) is 29.1 Å². The standard InChI is InChI=1S/C48H34N2O/c1-3-11-33(12-4-1)37-15-7-17-39(27-37)35-22-24-36(25-23-35)48-50-47-45(42-20-9-18-40(29-42)43-21-10-26-49-32-43)30-44(31-46(47)51-48)41-19-8-16-38(28-41)34-13-5-2-6-14-34/h2-3,5-32H,1,4H2. The van der Waals surface area contributed by atoms with Gasteiger partial charge in [-0.25, -0.2) is 4.98 Å². The first-order chi connectivity index (χ1) is 25.2. The molecule has 3 nitrogen and oxygen atoms in total. The zero-order valence-corrected chi connectivity index (χ0v) is 28.0. The third kappa shape index (κ3) is 6.22. The highest BCUT2D eigenvalue weighted by atomic mass is 16.3. The summed E-state index contributed by atoms with van der Waals surface area (Å²) in [6, 6.07) is 53.5. The molecule has 0 unspecified atom stereocenters. The van der Waals surface area contributed by atoms with Crippen molar-refractivity contribution in [1.29, 1.82) is 0 Å². The minimum absolute atomic E-state index is 0.600. The second-order valence-corrected chi connectivity index (χ2v) is 13.0. The molecule has 0 aliphatic heterocycles. The van der Waals surface area contributed by atoms with E-state index >= 15 is 0 Å². The van der Waals surface area contributed by atoms with Gasteiger partial charge >= 0.3 is 0 Å². The maximum Gasteiger partial charge on any atom is 0.227 e. The van der Waals surface area contributed by atoms with Crippen molar-refractivity contribution in [2.45, 2.75) is 12.8 Å². The summed E-state index contributed by atoms with van der Waals surface area (Å²) in [7, 11) is 0. The van der Waals surface area contributed by atoms with Crippen LogP contribution in [0.3, 0.4) is 0 Å². The molecule has 0 saturated heterocycles. The first-order valence-corrected chi connectivity index (χ1v) is 17.4. The van der Waals surface area contributed by atoms with Crippen LogP contribution in [-0.2, 0) is 0 Å². The van der Waals surface area contributed by atoms with Crippen molar-refractivity contribution in [1.82, 2.24) is 9.97 Å². The molecular formula is C48H34N2O. The van der Waals surface area contributed by atoms with Crippen LogP contribution in [0.4, 0.5) is 0 Å². The average molecular weight is 655 g/mol. The Balaban J connectivity index is 1.13. The quantitative estimate of drug-likeness (QED) is 0.172. The van der Waals surface area contributed by atoms with Crippen molar-refractivity contribution in [2.24, 2.45) is 0 Å². The minimum Gasteiger partial charge on any atom is -0.436 e. The molecule has 0 bridgehead atoms. The SMILES string of the molecule is C1=CC(c2cccc(-c3ccc(-c4nc5c(-c6cccc(-c7cccnc7)c6)cc(-c6cccc(-c7ccccc7)c6)cc5o4)cc3)c2)=CCC1. The van der Waals surface area contributed by atoms with E-state index in [0.29, 0.717) is 5.89 Å². The van der Waals surface area contributed by atoms with E-state index in [-0.39, 0.29) is 0 Å². The largest absolute Gasteiger partial charge is 0.436 e. The van der Waals surface area contributed by atoms with Gasteiger partial charge in [0.1, 0.15) is 5.52 Å². The van der Waals surface area contributed by atoms with Crippen LogP contribution in [0.5, 0.6) is 0 Å². The first-order valence-electron chi connectivity index (χ1n) is 17.4. The summed E-state index contributed by atoms with van der Waals surface area (Å²) in [5.41, 5.74) is 16.2. The van der Waals surface area contributed by atoms with Gasteiger partial charge in [-0.1, -0.05) is 121 Å². The van der Waals surface area contributed by atoms with E-state index in [2.05, 4.69) is 163 Å². The Labute approximate surface area is 297 Å². The second-order valence-electron chi connectivity index (χ2n) is 13.0. The summed E-state index contributed by atoms with van der Waals surface area (Å²) >= 11 is 0. The summed E-state index contributed by atoms with van der Waals surface area (Å²) in [4.78, 5) is 9.50. The number of fused-ring (bicyclic) bond motifs is 1. The molecule has 242 valence electrons. The number of hydrogen-bond acceptors (Lipinski definition) is 3. The Kier molecular flexibility index (Phi) is 7.99. The van der Waals surface area contributed by atoms with E-state index in [1.165, 1.54) is 27.8 Å². The molecule has 1 aliphatic rings. The topological polar surface area (TPSA) is 38.9 Å². The maximum absolute atomic E-state index is 6.62. The zero-order chi connectivity index (χ0) is 34.0. The molecule has 8 aromatic rings. The molecule has 51 heavy (non-hydrogen) atoms. The Morgan fingerprint density at radius 1 is 0.451 bits per heavy atom. The van der Waals surface area contributed by atoms with Gasteiger partial charge in [-0.3, -0.25) is 4.98 Å². The van der Waals surface area contributed by atoms with E-state index in [1.807, 2.05) is 18.3 Å². The smallest absolute Gasteiger partial charge is 0.227 e. The van der Waals surface area contributed by atoms with E-state index in [1.54, 1.807) is 6.20 Å². The zero-order valence-electron chi connectivity index (χ0n) is 28.0. The first kappa shape index (κ1) is 30.5. The van der Waals surface area contributed by atoms with E-state index in [9.17, 15) is 0 Å². The number of hydrogen-bond donors (Lipinski definition) is 0. The maximum atomic E-state index is 6.62. The van der Waals surface area contributed by atoms with Crippen molar-refractivity contribution < 1.29 is 4.42 Å². The number of oxazole rings is 1. The van der Waals surface area contributed by atoms with E-state index in [0.717, 1.165) is 68.4 Å². The normalized spacial score (nSPS) is 12.6. The van der Waals surface area contributed by atoms with Gasteiger partial charge in [-0.2, -0.15) is 0 Å². The van der Waals surface area contributed by atoms with Crippen LogP contribution in [0.25, 0.3) is 83.8 Å². The summed E-state index contributed by atoms with van der Waals surface area (Å²) in [5, 5.41) is 0. The minimum atomic E-state index is 0.600. The van der Waals surface area contributed by atoms with Crippen LogP contribution < -0.4 is 0 Å². The summed E-state index contributed by atoms with van der Waals surface area (Å²) < 4.78 is 6.62. The van der Waals surface area contributed by atoms with Gasteiger partial charge in [-0.15, -0.1) is 0 Å². The molecule has 0 radical (unpaired) electrons. The predicted octanol–water partition coefficient (Wildman–Crippen LogP) is 13.0. The predicted molar refractivity (Wildman–Crippen MR) is 211 cm³/mol. The lowest BCUT2D eigenvalue weighted by atomic mass is 9.94. The number of aromatic nitrogens is 2. The Hall–Kier alpha value is -6.58. The highest BCUT2D eigenvalue weighted by Crippen LogP contribution is 2.39. The summed E-state index contributed by atoms with van der Waals surface area (Å²) in [5.74, 6) is 0.600. The molecule has 2 heterocycles. The fraction of sp³-hybridized carbons (Fsp3) is 0.0417. The van der Waals surface area contributed by atoms with Crippen LogP contribution in [-0.4, -0.2) is 9.97 Å². The highest BCUT2D eigenvalue weighted by Gasteiger charge is 2.17. The molecule has 0 saturated carbocycles. The average Bonchev–Trinajstić information content (AvgIpc) is 3.66. The molecule has 0 fully saturated rings. The van der Waals surface area contributed by atoms with Gasteiger partial charge < -0.3 is 4.42 Å². The summed E-state index contributed by atoms with van der Waals surface area (Å²) in [6.07, 6.45) is 12.7. The lowest BCUT2D eigenvalue weighted by Gasteiger charge is -2.10. The van der Waals surface area contributed by atoms with Gasteiger partial charge in [0.05, 0.1) is 0 Å². The van der Waals surface area contributed by atoms with Crippen molar-refractivity contribution in [3.63, 3.8) is 0 Å². The van der Waals surface area contributed by atoms with Crippen molar-refractivity contribution >= 4 is 16.7 Å². The van der Waals surface area contributed by atoms with E-state index < -0.39 is 0 Å². The number of rotatable bonds is 7. The molecule has 0 atom stereocenters. The number of benzene rings is 6. The second kappa shape index (κ2) is 13.4. The van der Waals surface area contributed by atoms with E-state index in [4.69, 9.17) is 9.40 Å². The molecule has 3 heteroatoms. The number of pyridine rings is 1. The molecule has 0 amide bonds.